The molecule has 0 aromatic carbocycles. The Bertz CT molecular complexity index is 172. The monoisotopic (exact) mass is 272 g/mol. The normalized spacial score (nSPS) is 46.0. The lowest BCUT2D eigenvalue weighted by Gasteiger charge is -2.26. The molecule has 0 saturated heterocycles. The van der Waals surface area contributed by atoms with E-state index in [0.29, 0.717) is 0 Å². The molecule has 0 radical (unpaired) electrons. The molecule has 0 heterocycles. The second-order valence-corrected chi connectivity index (χ2v) is 4.27. The summed E-state index contributed by atoms with van der Waals surface area (Å²) >= 11 is 5.17. The number of hydrogen-bond donors (Lipinski definition) is 0. The third-order valence-corrected chi connectivity index (χ3v) is 3.38. The van der Waals surface area contributed by atoms with Gasteiger partial charge in [0.2, 0.25) is 9.16 Å². The first-order valence-corrected chi connectivity index (χ1v) is 4.17. The zero-order valence-corrected chi connectivity index (χ0v) is 7.99. The lowest BCUT2D eigenvalue weighted by molar-refractivity contribution is 0.197. The van der Waals surface area contributed by atoms with Crippen molar-refractivity contribution < 1.29 is 8.78 Å². The molecule has 0 aromatic rings. The topological polar surface area (TPSA) is 0 Å². The fourth-order valence-corrected chi connectivity index (χ4v) is 1.14. The van der Waals surface area contributed by atoms with Crippen molar-refractivity contribution in [3.63, 3.8) is 0 Å². The average molecular weight is 274 g/mol. The van der Waals surface area contributed by atoms with Crippen molar-refractivity contribution in [2.75, 3.05) is 0 Å². The van der Waals surface area contributed by atoms with Crippen molar-refractivity contribution in [1.82, 2.24) is 0 Å². The summed E-state index contributed by atoms with van der Waals surface area (Å²) in [6.45, 7) is 0. The molecular weight excluding hydrogens is 270 g/mol. The highest BCUT2D eigenvalue weighted by molar-refractivity contribution is 9.13. The van der Waals surface area contributed by atoms with E-state index in [2.05, 4.69) is 31.9 Å². The summed E-state index contributed by atoms with van der Waals surface area (Å²) in [4.78, 5) is 0. The van der Waals surface area contributed by atoms with E-state index in [9.17, 15) is 8.78 Å². The number of halogens is 4. The van der Waals surface area contributed by atoms with Gasteiger partial charge in [-0.2, -0.15) is 0 Å². The molecule has 56 valence electrons. The van der Waals surface area contributed by atoms with E-state index in [4.69, 9.17) is 0 Å². The first kappa shape index (κ1) is 8.40. The Morgan fingerprint density at radius 2 is 1.20 bits per heavy atom. The summed E-state index contributed by atoms with van der Waals surface area (Å²) < 4.78 is 21.8. The van der Waals surface area contributed by atoms with Crippen LogP contribution < -0.4 is 0 Å². The van der Waals surface area contributed by atoms with Crippen molar-refractivity contribution in [2.24, 2.45) is 0 Å². The lowest BCUT2D eigenvalue weighted by atomic mass is 10.1. The first-order chi connectivity index (χ1) is 4.46. The standard InChI is InChI=1S/C6H4Br2F2/c7-5(9)3-1-2-4-6(5,8)10/h1-4H. The van der Waals surface area contributed by atoms with E-state index in [1.807, 2.05) is 0 Å². The quantitative estimate of drug-likeness (QED) is 0.595. The van der Waals surface area contributed by atoms with Crippen molar-refractivity contribution in [2.45, 2.75) is 9.16 Å². The van der Waals surface area contributed by atoms with E-state index >= 15 is 0 Å². The summed E-state index contributed by atoms with van der Waals surface area (Å²) in [6.07, 6.45) is 5.07. The Kier molecular flexibility index (Phi) is 2.02. The third-order valence-electron chi connectivity index (χ3n) is 1.17. The maximum absolute atomic E-state index is 13.0. The minimum absolute atomic E-state index is 1.10. The van der Waals surface area contributed by atoms with Crippen molar-refractivity contribution in [1.29, 1.82) is 0 Å². The van der Waals surface area contributed by atoms with Gasteiger partial charge in [-0.15, -0.1) is 0 Å². The second kappa shape index (κ2) is 2.41. The SMILES string of the molecule is FC1(Br)C=CC=CC1(F)Br. The number of alkyl halides is 4. The Morgan fingerprint density at radius 3 is 1.40 bits per heavy atom. The fraction of sp³-hybridized carbons (Fsp3) is 0.333. The van der Waals surface area contributed by atoms with Crippen LogP contribution in [0.5, 0.6) is 0 Å². The van der Waals surface area contributed by atoms with Crippen molar-refractivity contribution in [3.8, 4) is 0 Å². The molecule has 1 rings (SSSR count). The van der Waals surface area contributed by atoms with Crippen LogP contribution in [-0.2, 0) is 0 Å². The zero-order chi connectivity index (χ0) is 7.83. The molecule has 0 bridgehead atoms. The van der Waals surface area contributed by atoms with Gasteiger partial charge in [-0.25, -0.2) is 8.78 Å². The number of allylic oxidation sites excluding steroid dienone is 4. The Balaban J connectivity index is 2.96. The van der Waals surface area contributed by atoms with Crippen molar-refractivity contribution in [3.05, 3.63) is 24.3 Å². The third kappa shape index (κ3) is 1.32. The van der Waals surface area contributed by atoms with Gasteiger partial charge in [0.15, 0.2) is 0 Å². The van der Waals surface area contributed by atoms with Crippen LogP contribution in [0.4, 0.5) is 8.78 Å². The van der Waals surface area contributed by atoms with Crippen LogP contribution in [0.2, 0.25) is 0 Å². The smallest absolute Gasteiger partial charge is 0.222 e. The van der Waals surface area contributed by atoms with E-state index in [1.54, 1.807) is 0 Å². The summed E-state index contributed by atoms with van der Waals surface area (Å²) in [6, 6.07) is 0. The Labute approximate surface area is 74.2 Å². The van der Waals surface area contributed by atoms with Crippen LogP contribution >= 0.6 is 31.9 Å². The van der Waals surface area contributed by atoms with Gasteiger partial charge in [0.1, 0.15) is 0 Å². The minimum Gasteiger partial charge on any atom is -0.222 e. The Morgan fingerprint density at radius 1 is 0.900 bits per heavy atom. The molecule has 0 aromatic heterocycles. The predicted octanol–water partition coefficient (Wildman–Crippen LogP) is 3.23. The van der Waals surface area contributed by atoms with Crippen LogP contribution in [0, 0.1) is 0 Å². The van der Waals surface area contributed by atoms with Gasteiger partial charge in [0.05, 0.1) is 0 Å². The molecule has 0 saturated carbocycles. The zero-order valence-electron chi connectivity index (χ0n) is 4.82. The maximum atomic E-state index is 13.0. The molecule has 1 aliphatic carbocycles. The molecule has 2 unspecified atom stereocenters. The summed E-state index contributed by atoms with van der Waals surface area (Å²) in [5.74, 6) is 0. The number of hydrogen-bond acceptors (Lipinski definition) is 0. The van der Waals surface area contributed by atoms with Crippen LogP contribution in [-0.4, -0.2) is 9.16 Å². The van der Waals surface area contributed by atoms with Crippen LogP contribution in [0.25, 0.3) is 0 Å². The largest absolute Gasteiger partial charge is 0.230 e. The molecule has 2 atom stereocenters. The summed E-state index contributed by atoms with van der Waals surface area (Å²) in [5, 5.41) is 0. The van der Waals surface area contributed by atoms with E-state index in [-0.39, 0.29) is 0 Å². The van der Waals surface area contributed by atoms with E-state index in [0.717, 1.165) is 12.2 Å². The van der Waals surface area contributed by atoms with E-state index in [1.165, 1.54) is 12.2 Å². The highest BCUT2D eigenvalue weighted by atomic mass is 79.9. The van der Waals surface area contributed by atoms with Crippen LogP contribution in [0.15, 0.2) is 24.3 Å². The fourth-order valence-electron chi connectivity index (χ4n) is 0.575. The summed E-state index contributed by atoms with van der Waals surface area (Å²) in [7, 11) is 0. The van der Waals surface area contributed by atoms with Gasteiger partial charge in [-0.1, -0.05) is 12.2 Å². The van der Waals surface area contributed by atoms with Gasteiger partial charge < -0.3 is 0 Å². The number of rotatable bonds is 0. The minimum atomic E-state index is -2.13. The second-order valence-electron chi connectivity index (χ2n) is 1.96. The molecule has 0 N–H and O–H groups in total. The van der Waals surface area contributed by atoms with Crippen LogP contribution in [0.3, 0.4) is 0 Å². The highest BCUT2D eigenvalue weighted by Gasteiger charge is 2.47. The van der Waals surface area contributed by atoms with Crippen LogP contribution in [0.1, 0.15) is 0 Å². The molecule has 0 amide bonds. The molecule has 0 nitrogen and oxygen atoms in total. The highest BCUT2D eigenvalue weighted by Crippen LogP contribution is 2.45. The van der Waals surface area contributed by atoms with Gasteiger partial charge in [0.25, 0.3) is 0 Å². The molecular formula is C6H4Br2F2. The molecule has 10 heavy (non-hydrogen) atoms. The van der Waals surface area contributed by atoms with Gasteiger partial charge in [-0.05, 0) is 44.0 Å². The molecule has 0 fully saturated rings. The van der Waals surface area contributed by atoms with Gasteiger partial charge in [-0.3, -0.25) is 0 Å². The van der Waals surface area contributed by atoms with Gasteiger partial charge >= 0.3 is 0 Å². The van der Waals surface area contributed by atoms with Crippen molar-refractivity contribution >= 4 is 31.9 Å². The Hall–Kier alpha value is 0.300. The molecule has 4 heteroatoms. The maximum Gasteiger partial charge on any atom is 0.230 e. The first-order valence-electron chi connectivity index (χ1n) is 2.58. The van der Waals surface area contributed by atoms with E-state index < -0.39 is 9.16 Å². The average Bonchev–Trinajstić information content (AvgIpc) is 1.77. The molecule has 0 spiro atoms. The van der Waals surface area contributed by atoms with Gasteiger partial charge in [0, 0.05) is 0 Å². The summed E-state index contributed by atoms with van der Waals surface area (Å²) in [5.41, 5.74) is 0. The molecule has 0 aliphatic heterocycles. The lowest BCUT2D eigenvalue weighted by Crippen LogP contribution is -2.34. The predicted molar refractivity (Wildman–Crippen MR) is 43.8 cm³/mol. The molecule has 1 aliphatic rings.